The largest absolute Gasteiger partial charge is 0.399 e. The highest BCUT2D eigenvalue weighted by molar-refractivity contribution is 9.10. The van der Waals surface area contributed by atoms with Crippen LogP contribution in [0.1, 0.15) is 21.5 Å². The predicted octanol–water partition coefficient (Wildman–Crippen LogP) is 4.92. The Bertz CT molecular complexity index is 872. The van der Waals surface area contributed by atoms with Crippen LogP contribution in [0.15, 0.2) is 40.2 Å². The fourth-order valence-corrected chi connectivity index (χ4v) is 3.91. The molecule has 0 spiro atoms. The number of nitrogens with two attached hydrogens (primary N) is 1. The van der Waals surface area contributed by atoms with Crippen LogP contribution in [0.25, 0.3) is 10.1 Å². The molecule has 0 fully saturated rings. The van der Waals surface area contributed by atoms with E-state index in [9.17, 15) is 9.18 Å². The van der Waals surface area contributed by atoms with Gasteiger partial charge < -0.3 is 5.73 Å². The van der Waals surface area contributed by atoms with Gasteiger partial charge in [-0.05, 0) is 46.6 Å². The summed E-state index contributed by atoms with van der Waals surface area (Å²) < 4.78 is 16.1. The number of hydrogen-bond donors (Lipinski definition) is 1. The van der Waals surface area contributed by atoms with Gasteiger partial charge in [0, 0.05) is 31.2 Å². The lowest BCUT2D eigenvalue weighted by molar-refractivity contribution is 0.103. The van der Waals surface area contributed by atoms with E-state index >= 15 is 0 Å². The Morgan fingerprint density at radius 1 is 1.29 bits per heavy atom. The summed E-state index contributed by atoms with van der Waals surface area (Å²) in [6, 6.07) is 8.55. The van der Waals surface area contributed by atoms with Gasteiger partial charge in [0.25, 0.3) is 0 Å². The van der Waals surface area contributed by atoms with E-state index < -0.39 is 5.82 Å². The number of fused-ring (bicyclic) bond motifs is 1. The number of benzene rings is 2. The van der Waals surface area contributed by atoms with Crippen LogP contribution in [-0.4, -0.2) is 5.78 Å². The molecule has 2 aromatic carbocycles. The van der Waals surface area contributed by atoms with E-state index in [1.807, 2.05) is 18.2 Å². The Morgan fingerprint density at radius 3 is 2.81 bits per heavy atom. The summed E-state index contributed by atoms with van der Waals surface area (Å²) in [5.41, 5.74) is 7.01. The van der Waals surface area contributed by atoms with E-state index in [2.05, 4.69) is 15.9 Å². The highest BCUT2D eigenvalue weighted by Crippen LogP contribution is 2.34. The highest BCUT2D eigenvalue weighted by Gasteiger charge is 2.20. The SMILES string of the molecule is Cc1cc(N)cc(C(=O)c2csc3c(Br)cccc23)c1F. The Hall–Kier alpha value is -1.72. The molecule has 21 heavy (non-hydrogen) atoms. The Morgan fingerprint density at radius 2 is 2.05 bits per heavy atom. The van der Waals surface area contributed by atoms with Gasteiger partial charge in [0.1, 0.15) is 5.82 Å². The van der Waals surface area contributed by atoms with Gasteiger partial charge in [-0.2, -0.15) is 0 Å². The number of anilines is 1. The summed E-state index contributed by atoms with van der Waals surface area (Å²) in [7, 11) is 0. The lowest BCUT2D eigenvalue weighted by Crippen LogP contribution is -2.06. The van der Waals surface area contributed by atoms with Crippen LogP contribution in [-0.2, 0) is 0 Å². The summed E-state index contributed by atoms with van der Waals surface area (Å²) in [6.07, 6.45) is 0. The topological polar surface area (TPSA) is 43.1 Å². The van der Waals surface area contributed by atoms with Crippen molar-refractivity contribution in [3.05, 3.63) is 62.7 Å². The van der Waals surface area contributed by atoms with Crippen LogP contribution in [0.5, 0.6) is 0 Å². The second kappa shape index (κ2) is 5.24. The molecule has 0 bridgehead atoms. The molecule has 3 rings (SSSR count). The maximum atomic E-state index is 14.2. The number of aryl methyl sites for hydroxylation is 1. The van der Waals surface area contributed by atoms with Crippen molar-refractivity contribution in [2.24, 2.45) is 0 Å². The van der Waals surface area contributed by atoms with E-state index in [0.29, 0.717) is 16.8 Å². The predicted molar refractivity (Wildman–Crippen MR) is 88.5 cm³/mol. The van der Waals surface area contributed by atoms with E-state index in [1.54, 1.807) is 12.3 Å². The van der Waals surface area contributed by atoms with Gasteiger partial charge in [0.15, 0.2) is 5.78 Å². The number of hydrogen-bond acceptors (Lipinski definition) is 3. The normalized spacial score (nSPS) is 11.0. The fourth-order valence-electron chi connectivity index (χ4n) is 2.31. The van der Waals surface area contributed by atoms with Crippen molar-refractivity contribution < 1.29 is 9.18 Å². The van der Waals surface area contributed by atoms with Crippen molar-refractivity contribution in [2.75, 3.05) is 5.73 Å². The number of carbonyl (C=O) groups is 1. The van der Waals surface area contributed by atoms with Crippen molar-refractivity contribution in [1.29, 1.82) is 0 Å². The van der Waals surface area contributed by atoms with Crippen LogP contribution in [0.3, 0.4) is 0 Å². The third-order valence-electron chi connectivity index (χ3n) is 3.32. The molecular weight excluding hydrogens is 353 g/mol. The molecule has 5 heteroatoms. The van der Waals surface area contributed by atoms with Gasteiger partial charge in [0.05, 0.1) is 5.56 Å². The average Bonchev–Trinajstić information content (AvgIpc) is 2.87. The van der Waals surface area contributed by atoms with Crippen molar-refractivity contribution >= 4 is 48.8 Å². The molecule has 0 unspecified atom stereocenters. The molecule has 1 aromatic heterocycles. The molecule has 3 aromatic rings. The van der Waals surface area contributed by atoms with E-state index in [-0.39, 0.29) is 11.3 Å². The second-order valence-corrected chi connectivity index (χ2v) is 6.53. The Balaban J connectivity index is 2.20. The first-order chi connectivity index (χ1) is 9.99. The van der Waals surface area contributed by atoms with E-state index in [0.717, 1.165) is 14.6 Å². The van der Waals surface area contributed by atoms with Crippen LogP contribution < -0.4 is 5.73 Å². The quantitative estimate of drug-likeness (QED) is 0.518. The zero-order chi connectivity index (χ0) is 15.1. The molecule has 0 radical (unpaired) electrons. The molecule has 0 aliphatic rings. The molecule has 0 atom stereocenters. The molecule has 0 aliphatic heterocycles. The molecule has 0 saturated carbocycles. The van der Waals surface area contributed by atoms with E-state index in [1.165, 1.54) is 23.5 Å². The minimum Gasteiger partial charge on any atom is -0.399 e. The van der Waals surface area contributed by atoms with Crippen LogP contribution >= 0.6 is 27.3 Å². The minimum atomic E-state index is -0.511. The van der Waals surface area contributed by atoms with Crippen molar-refractivity contribution in [1.82, 2.24) is 0 Å². The molecule has 0 amide bonds. The molecule has 106 valence electrons. The third-order valence-corrected chi connectivity index (χ3v) is 5.27. The standard InChI is InChI=1S/C16H11BrFNOS/c1-8-5-9(19)6-11(14(8)18)15(20)12-7-21-16-10(12)3-2-4-13(16)17/h2-7H,19H2,1H3. The van der Waals surface area contributed by atoms with E-state index in [4.69, 9.17) is 5.73 Å². The summed E-state index contributed by atoms with van der Waals surface area (Å²) >= 11 is 4.91. The van der Waals surface area contributed by atoms with Crippen LogP contribution in [0.4, 0.5) is 10.1 Å². The van der Waals surface area contributed by atoms with Gasteiger partial charge in [-0.15, -0.1) is 11.3 Å². The highest BCUT2D eigenvalue weighted by atomic mass is 79.9. The summed E-state index contributed by atoms with van der Waals surface area (Å²) in [5.74, 6) is -0.851. The first kappa shape index (κ1) is 14.2. The number of carbonyl (C=O) groups excluding carboxylic acids is 1. The number of halogens is 2. The van der Waals surface area contributed by atoms with Crippen molar-refractivity contribution in [3.63, 3.8) is 0 Å². The molecule has 0 saturated heterocycles. The van der Waals surface area contributed by atoms with Crippen LogP contribution in [0, 0.1) is 12.7 Å². The number of thiophene rings is 1. The molecule has 2 nitrogen and oxygen atoms in total. The zero-order valence-corrected chi connectivity index (χ0v) is 13.5. The fraction of sp³-hybridized carbons (Fsp3) is 0.0625. The van der Waals surface area contributed by atoms with Gasteiger partial charge in [-0.25, -0.2) is 4.39 Å². The maximum Gasteiger partial charge on any atom is 0.197 e. The molecular formula is C16H11BrFNOS. The van der Waals surface area contributed by atoms with Gasteiger partial charge in [-0.3, -0.25) is 4.79 Å². The number of ketones is 1. The smallest absolute Gasteiger partial charge is 0.197 e. The Labute approximate surface area is 133 Å². The summed E-state index contributed by atoms with van der Waals surface area (Å²) in [6.45, 7) is 1.60. The molecule has 1 heterocycles. The molecule has 0 aliphatic carbocycles. The average molecular weight is 364 g/mol. The minimum absolute atomic E-state index is 0.0205. The van der Waals surface area contributed by atoms with Crippen molar-refractivity contribution in [2.45, 2.75) is 6.92 Å². The third kappa shape index (κ3) is 2.36. The lowest BCUT2D eigenvalue weighted by Gasteiger charge is -2.06. The second-order valence-electron chi connectivity index (χ2n) is 4.79. The van der Waals surface area contributed by atoms with Gasteiger partial charge >= 0.3 is 0 Å². The lowest BCUT2D eigenvalue weighted by atomic mass is 9.99. The number of rotatable bonds is 2. The molecule has 2 N–H and O–H groups in total. The zero-order valence-electron chi connectivity index (χ0n) is 11.1. The maximum absolute atomic E-state index is 14.2. The Kier molecular flexibility index (Phi) is 3.55. The summed E-state index contributed by atoms with van der Waals surface area (Å²) in [5, 5.41) is 2.58. The van der Waals surface area contributed by atoms with Gasteiger partial charge in [-0.1, -0.05) is 12.1 Å². The monoisotopic (exact) mass is 363 g/mol. The first-order valence-electron chi connectivity index (χ1n) is 6.25. The summed E-state index contributed by atoms with van der Waals surface area (Å²) in [4.78, 5) is 12.7. The first-order valence-corrected chi connectivity index (χ1v) is 7.92. The number of nitrogen functional groups attached to an aromatic ring is 1. The van der Waals surface area contributed by atoms with Gasteiger partial charge in [0.2, 0.25) is 0 Å². The van der Waals surface area contributed by atoms with Crippen molar-refractivity contribution in [3.8, 4) is 0 Å². The van der Waals surface area contributed by atoms with Crippen LogP contribution in [0.2, 0.25) is 0 Å².